The summed E-state index contributed by atoms with van der Waals surface area (Å²) in [5.74, 6) is 0. The van der Waals surface area contributed by atoms with Gasteiger partial charge in [0.15, 0.2) is 6.67 Å². The third kappa shape index (κ3) is 4.42. The van der Waals surface area contributed by atoms with Crippen molar-refractivity contribution in [2.45, 2.75) is 12.5 Å². The molecule has 0 aliphatic carbocycles. The van der Waals surface area contributed by atoms with E-state index in [1.165, 1.54) is 0 Å². The second-order valence-corrected chi connectivity index (χ2v) is 1.32. The van der Waals surface area contributed by atoms with Gasteiger partial charge in [0.25, 0.3) is 0 Å². The lowest BCUT2D eigenvalue weighted by molar-refractivity contribution is -0.426. The van der Waals surface area contributed by atoms with E-state index < -0.39 is 19.1 Å². The van der Waals surface area contributed by atoms with Crippen LogP contribution in [0.1, 0.15) is 0 Å². The molecule has 0 unspecified atom stereocenters. The molecular formula is C3H2F6O. The van der Waals surface area contributed by atoms with E-state index >= 15 is 0 Å². The minimum absolute atomic E-state index is 2.07. The predicted molar refractivity (Wildman–Crippen MR) is 18.1 cm³/mol. The summed E-state index contributed by atoms with van der Waals surface area (Å²) in [5, 5.41) is 0. The van der Waals surface area contributed by atoms with E-state index in [1.54, 1.807) is 0 Å². The molecule has 10 heavy (non-hydrogen) atoms. The van der Waals surface area contributed by atoms with Crippen molar-refractivity contribution in [3.8, 4) is 0 Å². The maximum atomic E-state index is 11.3. The van der Waals surface area contributed by atoms with Crippen LogP contribution in [-0.2, 0) is 4.74 Å². The summed E-state index contributed by atoms with van der Waals surface area (Å²) in [5.41, 5.74) is 0. The molecule has 0 atom stereocenters. The third-order valence-electron chi connectivity index (χ3n) is 0.421. The first-order valence-corrected chi connectivity index (χ1v) is 1.97. The molecule has 0 aromatic carbocycles. The fourth-order valence-corrected chi connectivity index (χ4v) is 0.197. The molecule has 0 aromatic rings. The monoisotopic (exact) mass is 168 g/mol. The van der Waals surface area contributed by atoms with Crippen LogP contribution in [0.4, 0.5) is 26.3 Å². The summed E-state index contributed by atoms with van der Waals surface area (Å²) in [6.07, 6.45) is -10.3. The molecule has 0 N–H and O–H groups in total. The minimum atomic E-state index is -5.50. The third-order valence-corrected chi connectivity index (χ3v) is 0.421. The first-order valence-electron chi connectivity index (χ1n) is 1.97. The van der Waals surface area contributed by atoms with E-state index in [2.05, 4.69) is 4.74 Å². The van der Waals surface area contributed by atoms with Crippen molar-refractivity contribution in [1.82, 2.24) is 0 Å². The topological polar surface area (TPSA) is 9.23 Å². The molecule has 0 aliphatic heterocycles. The fourth-order valence-electron chi connectivity index (χ4n) is 0.197. The lowest BCUT2D eigenvalue weighted by Crippen LogP contribution is -2.31. The average Bonchev–Trinajstić information content (AvgIpc) is 1.60. The summed E-state index contributed by atoms with van der Waals surface area (Å²) in [7, 11) is 0. The Bertz CT molecular complexity index is 106. The number of hydrogen-bond acceptors (Lipinski definition) is 1. The molecule has 1 nitrogen and oxygen atoms in total. The predicted octanol–water partition coefficient (Wildman–Crippen LogP) is 2.09. The first-order chi connectivity index (χ1) is 4.27. The summed E-state index contributed by atoms with van der Waals surface area (Å²) < 4.78 is 68.3. The van der Waals surface area contributed by atoms with Crippen LogP contribution in [0.25, 0.3) is 0 Å². The number of rotatable bonds is 2. The van der Waals surface area contributed by atoms with Gasteiger partial charge in [0, 0.05) is 0 Å². The Morgan fingerprint density at radius 2 is 1.40 bits per heavy atom. The van der Waals surface area contributed by atoms with Crippen molar-refractivity contribution in [3.63, 3.8) is 0 Å². The van der Waals surface area contributed by atoms with Gasteiger partial charge in [-0.1, -0.05) is 0 Å². The standard InChI is InChI=1S/C3H2F6O/c4-1-2(5,6)10-3(7,8)9/h1H2. The Hall–Kier alpha value is -0.460. The van der Waals surface area contributed by atoms with Gasteiger partial charge in [0.2, 0.25) is 0 Å². The highest BCUT2D eigenvalue weighted by atomic mass is 19.4. The van der Waals surface area contributed by atoms with Gasteiger partial charge in [-0.15, -0.1) is 13.2 Å². The highest BCUT2D eigenvalue weighted by Gasteiger charge is 2.44. The van der Waals surface area contributed by atoms with Gasteiger partial charge in [-0.25, -0.2) is 9.13 Å². The molecule has 0 saturated carbocycles. The molecule has 0 rings (SSSR count). The van der Waals surface area contributed by atoms with Crippen molar-refractivity contribution in [2.24, 2.45) is 0 Å². The lowest BCUT2D eigenvalue weighted by Gasteiger charge is -2.14. The van der Waals surface area contributed by atoms with Gasteiger partial charge in [0.1, 0.15) is 0 Å². The Morgan fingerprint density at radius 1 is 1.00 bits per heavy atom. The highest BCUT2D eigenvalue weighted by molar-refractivity contribution is 4.48. The molecule has 62 valence electrons. The molecule has 0 spiro atoms. The van der Waals surface area contributed by atoms with E-state index in [-0.39, 0.29) is 0 Å². The second-order valence-electron chi connectivity index (χ2n) is 1.32. The van der Waals surface area contributed by atoms with E-state index in [9.17, 15) is 26.3 Å². The van der Waals surface area contributed by atoms with E-state index in [4.69, 9.17) is 0 Å². The normalized spacial score (nSPS) is 13.8. The van der Waals surface area contributed by atoms with Crippen LogP contribution in [0.5, 0.6) is 0 Å². The Labute approximate surface area is 51.6 Å². The molecular weight excluding hydrogens is 166 g/mol. The summed E-state index contributed by atoms with van der Waals surface area (Å²) >= 11 is 0. The average molecular weight is 168 g/mol. The van der Waals surface area contributed by atoms with Crippen molar-refractivity contribution in [1.29, 1.82) is 0 Å². The van der Waals surface area contributed by atoms with Crippen LogP contribution in [-0.4, -0.2) is 19.1 Å². The maximum Gasteiger partial charge on any atom is 0.527 e. The van der Waals surface area contributed by atoms with Crippen LogP contribution < -0.4 is 0 Å². The Balaban J connectivity index is 3.89. The van der Waals surface area contributed by atoms with E-state index in [1.807, 2.05) is 0 Å². The molecule has 0 heterocycles. The molecule has 0 amide bonds. The molecule has 0 fully saturated rings. The smallest absolute Gasteiger partial charge is 0.241 e. The van der Waals surface area contributed by atoms with Crippen LogP contribution in [0.3, 0.4) is 0 Å². The number of alkyl halides is 6. The van der Waals surface area contributed by atoms with Crippen molar-refractivity contribution in [3.05, 3.63) is 0 Å². The highest BCUT2D eigenvalue weighted by Crippen LogP contribution is 2.27. The second kappa shape index (κ2) is 2.65. The molecule has 0 aliphatic rings. The van der Waals surface area contributed by atoms with Gasteiger partial charge in [0.05, 0.1) is 0 Å². The maximum absolute atomic E-state index is 11.3. The Kier molecular flexibility index (Phi) is 2.53. The summed E-state index contributed by atoms with van der Waals surface area (Å²) in [4.78, 5) is 0. The minimum Gasteiger partial charge on any atom is -0.241 e. The van der Waals surface area contributed by atoms with Gasteiger partial charge < -0.3 is 0 Å². The zero-order valence-electron chi connectivity index (χ0n) is 4.38. The fraction of sp³-hybridized carbons (Fsp3) is 1.00. The Morgan fingerprint density at radius 3 is 1.50 bits per heavy atom. The SMILES string of the molecule is FCC(F)(F)OC(F)(F)F. The van der Waals surface area contributed by atoms with E-state index in [0.29, 0.717) is 0 Å². The van der Waals surface area contributed by atoms with Gasteiger partial charge in [-0.3, -0.25) is 0 Å². The van der Waals surface area contributed by atoms with E-state index in [0.717, 1.165) is 0 Å². The van der Waals surface area contributed by atoms with Crippen molar-refractivity contribution < 1.29 is 31.1 Å². The van der Waals surface area contributed by atoms with Crippen LogP contribution in [0.15, 0.2) is 0 Å². The lowest BCUT2D eigenvalue weighted by atomic mass is 10.7. The quantitative estimate of drug-likeness (QED) is 0.573. The van der Waals surface area contributed by atoms with Crippen LogP contribution >= 0.6 is 0 Å². The van der Waals surface area contributed by atoms with Crippen molar-refractivity contribution in [2.75, 3.05) is 6.67 Å². The summed E-state index contributed by atoms with van der Waals surface area (Å²) in [6, 6.07) is 0. The van der Waals surface area contributed by atoms with Crippen LogP contribution in [0.2, 0.25) is 0 Å². The van der Waals surface area contributed by atoms with Crippen molar-refractivity contribution >= 4 is 0 Å². The van der Waals surface area contributed by atoms with Gasteiger partial charge >= 0.3 is 12.5 Å². The zero-order valence-corrected chi connectivity index (χ0v) is 4.38. The summed E-state index contributed by atoms with van der Waals surface area (Å²) in [6.45, 7) is -2.49. The molecule has 0 bridgehead atoms. The van der Waals surface area contributed by atoms with Gasteiger partial charge in [-0.05, 0) is 0 Å². The number of ether oxygens (including phenoxy) is 1. The van der Waals surface area contributed by atoms with Gasteiger partial charge in [-0.2, -0.15) is 8.78 Å². The molecule has 0 aromatic heterocycles. The molecule has 0 radical (unpaired) electrons. The molecule has 7 heteroatoms. The zero-order chi connectivity index (χ0) is 8.41. The largest absolute Gasteiger partial charge is 0.527 e. The number of hydrogen-bond donors (Lipinski definition) is 0. The first kappa shape index (κ1) is 9.54. The molecule has 0 saturated heterocycles. The van der Waals surface area contributed by atoms with Crippen LogP contribution in [0, 0.1) is 0 Å². The number of halogens is 6.